The Morgan fingerprint density at radius 2 is 1.92 bits per heavy atom. The van der Waals surface area contributed by atoms with Gasteiger partial charge in [-0.2, -0.15) is 0 Å². The smallest absolute Gasteiger partial charge is 0.315 e. The van der Waals surface area contributed by atoms with E-state index in [-0.39, 0.29) is 24.2 Å². The quantitative estimate of drug-likeness (QED) is 0.859. The van der Waals surface area contributed by atoms with Crippen LogP contribution in [-0.2, 0) is 4.74 Å². The topological polar surface area (TPSA) is 63.2 Å². The zero-order valence-electron chi connectivity index (χ0n) is 14.4. The number of aromatic nitrogens is 1. The number of benzene rings is 1. The number of nitrogens with zero attached hydrogens (tertiary/aromatic N) is 1. The van der Waals surface area contributed by atoms with Crippen molar-refractivity contribution < 1.29 is 9.53 Å². The summed E-state index contributed by atoms with van der Waals surface area (Å²) in [6.07, 6.45) is 6.10. The van der Waals surface area contributed by atoms with Gasteiger partial charge < -0.3 is 15.4 Å². The Hall–Kier alpha value is -2.11. The lowest BCUT2D eigenvalue weighted by Gasteiger charge is -2.36. The predicted octanol–water partition coefficient (Wildman–Crippen LogP) is 3.81. The largest absolute Gasteiger partial charge is 0.371 e. The van der Waals surface area contributed by atoms with E-state index < -0.39 is 0 Å². The molecule has 6 heteroatoms. The average molecular weight is 372 g/mol. The van der Waals surface area contributed by atoms with Crippen LogP contribution in [0.3, 0.4) is 0 Å². The number of rotatable bonds is 4. The molecule has 4 rings (SSSR count). The average Bonchev–Trinajstić information content (AvgIpc) is 3.06. The molecular weight excluding hydrogens is 350 g/mol. The van der Waals surface area contributed by atoms with Crippen molar-refractivity contribution in [3.63, 3.8) is 0 Å². The van der Waals surface area contributed by atoms with Gasteiger partial charge in [0.2, 0.25) is 0 Å². The van der Waals surface area contributed by atoms with Crippen LogP contribution in [-0.4, -0.2) is 29.7 Å². The molecule has 26 heavy (non-hydrogen) atoms. The van der Waals surface area contributed by atoms with E-state index in [9.17, 15) is 4.79 Å². The summed E-state index contributed by atoms with van der Waals surface area (Å²) in [6, 6.07) is 11.9. The zero-order valence-corrected chi connectivity index (χ0v) is 15.2. The molecule has 1 saturated heterocycles. The Balaban J connectivity index is 1.27. The molecule has 5 nitrogen and oxygen atoms in total. The fourth-order valence-corrected chi connectivity index (χ4v) is 3.98. The van der Waals surface area contributed by atoms with Crippen LogP contribution in [0, 0.1) is 0 Å². The molecule has 2 amide bonds. The normalized spacial score (nSPS) is 27.6. The fraction of sp³-hybridized carbons (Fsp3) is 0.400. The molecule has 0 radical (unpaired) electrons. The second-order valence-electron chi connectivity index (χ2n) is 7.01. The molecule has 136 valence electrons. The van der Waals surface area contributed by atoms with Crippen molar-refractivity contribution >= 4 is 17.6 Å². The van der Waals surface area contributed by atoms with Crippen LogP contribution < -0.4 is 10.6 Å². The fourth-order valence-electron chi connectivity index (χ4n) is 3.78. The molecule has 2 atom stereocenters. The maximum absolute atomic E-state index is 12.4. The van der Waals surface area contributed by atoms with Crippen LogP contribution in [0.5, 0.6) is 0 Å². The third-order valence-corrected chi connectivity index (χ3v) is 5.47. The molecule has 1 aromatic heterocycles. The van der Waals surface area contributed by atoms with E-state index in [1.165, 1.54) is 5.56 Å². The van der Waals surface area contributed by atoms with Crippen molar-refractivity contribution in [3.05, 3.63) is 64.9 Å². The lowest BCUT2D eigenvalue weighted by Crippen LogP contribution is -2.50. The number of hydrogen-bond acceptors (Lipinski definition) is 3. The van der Waals surface area contributed by atoms with E-state index in [2.05, 4.69) is 21.7 Å². The van der Waals surface area contributed by atoms with Gasteiger partial charge in [0.05, 0.1) is 6.04 Å². The van der Waals surface area contributed by atoms with Gasteiger partial charge in [-0.15, -0.1) is 0 Å². The van der Waals surface area contributed by atoms with Crippen LogP contribution in [0.1, 0.15) is 42.4 Å². The number of halogens is 1. The number of carbonyl (C=O) groups is 1. The minimum absolute atomic E-state index is 0.0128. The van der Waals surface area contributed by atoms with E-state index in [1.54, 1.807) is 12.4 Å². The van der Waals surface area contributed by atoms with Crippen molar-refractivity contribution in [1.82, 2.24) is 15.6 Å². The van der Waals surface area contributed by atoms with Crippen LogP contribution >= 0.6 is 11.6 Å². The summed E-state index contributed by atoms with van der Waals surface area (Å²) in [5.41, 5.74) is 2.30. The van der Waals surface area contributed by atoms with Gasteiger partial charge in [0.25, 0.3) is 0 Å². The zero-order chi connectivity index (χ0) is 17.9. The molecule has 1 saturated carbocycles. The Kier molecular flexibility index (Phi) is 5.09. The van der Waals surface area contributed by atoms with Crippen LogP contribution in [0.15, 0.2) is 48.8 Å². The third-order valence-electron chi connectivity index (χ3n) is 5.24. The van der Waals surface area contributed by atoms with Gasteiger partial charge >= 0.3 is 6.03 Å². The van der Waals surface area contributed by atoms with Gasteiger partial charge in [-0.3, -0.25) is 4.98 Å². The van der Waals surface area contributed by atoms with Crippen molar-refractivity contribution in [2.45, 2.75) is 43.4 Å². The molecule has 1 aliphatic heterocycles. The van der Waals surface area contributed by atoms with Gasteiger partial charge in [0, 0.05) is 30.1 Å². The van der Waals surface area contributed by atoms with Crippen molar-refractivity contribution in [1.29, 1.82) is 0 Å². The number of amides is 2. The highest BCUT2D eigenvalue weighted by Crippen LogP contribution is 2.37. The van der Waals surface area contributed by atoms with Crippen LogP contribution in [0.25, 0.3) is 0 Å². The first kappa shape index (κ1) is 17.3. The van der Waals surface area contributed by atoms with Gasteiger partial charge in [0.15, 0.2) is 0 Å². The lowest BCUT2D eigenvalue weighted by atomic mass is 9.76. The molecule has 0 unspecified atom stereocenters. The number of ether oxygens (including phenoxy) is 1. The molecule has 2 aromatic rings. The second kappa shape index (κ2) is 7.64. The Morgan fingerprint density at radius 1 is 1.12 bits per heavy atom. The van der Waals surface area contributed by atoms with Crippen molar-refractivity contribution in [3.8, 4) is 0 Å². The molecule has 0 bridgehead atoms. The van der Waals surface area contributed by atoms with Crippen LogP contribution in [0.2, 0.25) is 5.02 Å². The highest BCUT2D eigenvalue weighted by atomic mass is 35.5. The standard InChI is InChI=1S/C20H22ClN3O2/c21-16-3-1-2-14(10-16)15-11-17(12-15)23-20(25)24-18-6-9-26-19(18)13-4-7-22-8-5-13/h1-5,7-8,10,15,17-19H,6,9,11-12H2,(H2,23,24,25)/t15?,17?,18-,19+/m1/s1. The summed E-state index contributed by atoms with van der Waals surface area (Å²) >= 11 is 6.05. The van der Waals surface area contributed by atoms with E-state index in [1.807, 2.05) is 30.3 Å². The lowest BCUT2D eigenvalue weighted by molar-refractivity contribution is 0.0995. The molecule has 2 fully saturated rings. The summed E-state index contributed by atoms with van der Waals surface area (Å²) in [4.78, 5) is 16.4. The number of pyridine rings is 1. The monoisotopic (exact) mass is 371 g/mol. The minimum Gasteiger partial charge on any atom is -0.371 e. The van der Waals surface area contributed by atoms with Crippen molar-refractivity contribution in [2.24, 2.45) is 0 Å². The van der Waals surface area contributed by atoms with Gasteiger partial charge in [-0.05, 0) is 60.6 Å². The molecule has 2 N–H and O–H groups in total. The van der Waals surface area contributed by atoms with E-state index in [4.69, 9.17) is 16.3 Å². The number of hydrogen-bond donors (Lipinski definition) is 2. The SMILES string of the molecule is O=C(NC1CC(c2cccc(Cl)c2)C1)N[C@@H]1CCO[C@H]1c1ccncc1. The highest BCUT2D eigenvalue weighted by Gasteiger charge is 2.34. The predicted molar refractivity (Wildman–Crippen MR) is 100 cm³/mol. The molecule has 1 aliphatic carbocycles. The minimum atomic E-state index is -0.117. The second-order valence-corrected chi connectivity index (χ2v) is 7.44. The Labute approximate surface area is 158 Å². The molecule has 1 aromatic carbocycles. The maximum atomic E-state index is 12.4. The number of carbonyl (C=O) groups excluding carboxylic acids is 1. The number of nitrogens with one attached hydrogen (secondary N) is 2. The summed E-state index contributed by atoms with van der Waals surface area (Å²) in [5.74, 6) is 0.471. The van der Waals surface area contributed by atoms with Gasteiger partial charge in [0.1, 0.15) is 6.10 Å². The highest BCUT2D eigenvalue weighted by molar-refractivity contribution is 6.30. The molecule has 0 spiro atoms. The van der Waals surface area contributed by atoms with Gasteiger partial charge in [-0.1, -0.05) is 23.7 Å². The summed E-state index contributed by atoms with van der Waals surface area (Å²) in [5, 5.41) is 6.92. The maximum Gasteiger partial charge on any atom is 0.315 e. The molecule has 2 aliphatic rings. The van der Waals surface area contributed by atoms with E-state index in [0.29, 0.717) is 12.5 Å². The Bertz CT molecular complexity index is 765. The summed E-state index contributed by atoms with van der Waals surface area (Å²) in [7, 11) is 0. The van der Waals surface area contributed by atoms with E-state index >= 15 is 0 Å². The Morgan fingerprint density at radius 3 is 2.69 bits per heavy atom. The summed E-state index contributed by atoms with van der Waals surface area (Å²) < 4.78 is 5.80. The first-order valence-corrected chi connectivity index (χ1v) is 9.41. The first-order valence-electron chi connectivity index (χ1n) is 9.03. The summed E-state index contributed by atoms with van der Waals surface area (Å²) in [6.45, 7) is 0.651. The third kappa shape index (κ3) is 3.84. The molecular formula is C20H22ClN3O2. The van der Waals surface area contributed by atoms with E-state index in [0.717, 1.165) is 29.8 Å². The number of urea groups is 1. The van der Waals surface area contributed by atoms with Gasteiger partial charge in [-0.25, -0.2) is 4.79 Å². The molecule has 2 heterocycles. The van der Waals surface area contributed by atoms with Crippen molar-refractivity contribution in [2.75, 3.05) is 6.61 Å². The van der Waals surface area contributed by atoms with Crippen LogP contribution in [0.4, 0.5) is 4.79 Å². The first-order chi connectivity index (χ1) is 12.7.